The Morgan fingerprint density at radius 1 is 1.32 bits per heavy atom. The van der Waals surface area contributed by atoms with Crippen LogP contribution in [-0.4, -0.2) is 24.4 Å². The molecule has 0 saturated heterocycles. The van der Waals surface area contributed by atoms with Crippen LogP contribution in [0.2, 0.25) is 0 Å². The molecule has 0 unspecified atom stereocenters. The number of aryl methyl sites for hydroxylation is 1. The molecular formula is C18H24N2OS. The summed E-state index contributed by atoms with van der Waals surface area (Å²) in [5.74, 6) is 0.808. The average Bonchev–Trinajstić information content (AvgIpc) is 2.92. The fraction of sp³-hybridized carbons (Fsp3) is 0.444. The molecule has 1 heterocycles. The highest BCUT2D eigenvalue weighted by atomic mass is 32.1. The number of benzene rings is 1. The van der Waals surface area contributed by atoms with Gasteiger partial charge in [-0.2, -0.15) is 0 Å². The summed E-state index contributed by atoms with van der Waals surface area (Å²) in [5.41, 5.74) is 3.50. The van der Waals surface area contributed by atoms with Crippen LogP contribution in [0.25, 0.3) is 0 Å². The molecule has 2 aromatic rings. The monoisotopic (exact) mass is 316 g/mol. The first-order valence-electron chi connectivity index (χ1n) is 7.66. The summed E-state index contributed by atoms with van der Waals surface area (Å²) in [4.78, 5) is 18.8. The van der Waals surface area contributed by atoms with Crippen molar-refractivity contribution in [3.05, 3.63) is 45.9 Å². The van der Waals surface area contributed by atoms with Gasteiger partial charge in [-0.05, 0) is 30.0 Å². The van der Waals surface area contributed by atoms with Crippen molar-refractivity contribution in [2.75, 3.05) is 18.5 Å². The number of hydrogen-bond acceptors (Lipinski definition) is 4. The summed E-state index contributed by atoms with van der Waals surface area (Å²) < 4.78 is 0. The average molecular weight is 316 g/mol. The lowest BCUT2D eigenvalue weighted by molar-refractivity contribution is -0.117. The zero-order valence-corrected chi connectivity index (χ0v) is 14.6. The van der Waals surface area contributed by atoms with E-state index in [0.29, 0.717) is 18.8 Å². The van der Waals surface area contributed by atoms with Gasteiger partial charge in [-0.3, -0.25) is 4.79 Å². The Morgan fingerprint density at radius 3 is 2.73 bits per heavy atom. The molecular weight excluding hydrogens is 292 g/mol. The Bertz CT molecular complexity index is 620. The van der Waals surface area contributed by atoms with Crippen molar-refractivity contribution in [1.82, 2.24) is 4.98 Å². The van der Waals surface area contributed by atoms with E-state index in [9.17, 15) is 4.79 Å². The molecule has 0 radical (unpaired) electrons. The molecule has 22 heavy (non-hydrogen) atoms. The van der Waals surface area contributed by atoms with Crippen LogP contribution in [0.15, 0.2) is 29.8 Å². The Kier molecular flexibility index (Phi) is 5.72. The summed E-state index contributed by atoms with van der Waals surface area (Å²) in [7, 11) is 2.10. The van der Waals surface area contributed by atoms with E-state index in [1.165, 1.54) is 11.3 Å². The number of hydrogen-bond donors (Lipinski definition) is 0. The van der Waals surface area contributed by atoms with E-state index >= 15 is 0 Å². The van der Waals surface area contributed by atoms with Gasteiger partial charge in [0.15, 0.2) is 0 Å². The Balaban J connectivity index is 2.14. The maximum absolute atomic E-state index is 12.3. The molecule has 0 atom stereocenters. The third-order valence-electron chi connectivity index (χ3n) is 3.51. The quantitative estimate of drug-likeness (QED) is 0.777. The second kappa shape index (κ2) is 7.54. The topological polar surface area (TPSA) is 33.2 Å². The number of ketones is 1. The van der Waals surface area contributed by atoms with Crippen LogP contribution in [-0.2, 0) is 17.6 Å². The van der Waals surface area contributed by atoms with Crippen molar-refractivity contribution < 1.29 is 4.79 Å². The maximum Gasteiger partial charge on any atom is 0.144 e. The number of aromatic nitrogens is 1. The number of carbonyl (C=O) groups is 1. The van der Waals surface area contributed by atoms with Gasteiger partial charge in [-0.25, -0.2) is 4.98 Å². The van der Waals surface area contributed by atoms with Crippen LogP contribution in [0.5, 0.6) is 0 Å². The zero-order chi connectivity index (χ0) is 16.1. The van der Waals surface area contributed by atoms with Gasteiger partial charge in [0.05, 0.1) is 11.4 Å². The van der Waals surface area contributed by atoms with Crippen molar-refractivity contribution in [2.24, 2.45) is 5.92 Å². The van der Waals surface area contributed by atoms with Crippen LogP contribution in [0.4, 0.5) is 5.69 Å². The third-order valence-corrected chi connectivity index (χ3v) is 4.29. The summed E-state index contributed by atoms with van der Waals surface area (Å²) in [5, 5.41) is 2.81. The molecule has 0 spiro atoms. The molecule has 0 fully saturated rings. The minimum absolute atomic E-state index is 0.220. The first kappa shape index (κ1) is 16.7. The highest BCUT2D eigenvalue weighted by Gasteiger charge is 2.13. The van der Waals surface area contributed by atoms with E-state index in [4.69, 9.17) is 0 Å². The highest BCUT2D eigenvalue weighted by molar-refractivity contribution is 7.09. The minimum Gasteiger partial charge on any atom is -0.374 e. The van der Waals surface area contributed by atoms with E-state index in [0.717, 1.165) is 17.1 Å². The molecule has 0 aliphatic carbocycles. The van der Waals surface area contributed by atoms with E-state index < -0.39 is 0 Å². The molecule has 4 heteroatoms. The molecule has 0 bridgehead atoms. The lowest BCUT2D eigenvalue weighted by Gasteiger charge is -2.24. The van der Waals surface area contributed by atoms with Crippen LogP contribution >= 0.6 is 11.3 Å². The highest BCUT2D eigenvalue weighted by Crippen LogP contribution is 2.23. The van der Waals surface area contributed by atoms with Gasteiger partial charge in [0, 0.05) is 37.3 Å². The summed E-state index contributed by atoms with van der Waals surface area (Å²) >= 11 is 1.54. The predicted octanol–water partition coefficient (Wildman–Crippen LogP) is 3.90. The molecule has 2 rings (SSSR count). The lowest BCUT2D eigenvalue weighted by Crippen LogP contribution is -2.24. The number of rotatable bonds is 7. The second-order valence-electron chi connectivity index (χ2n) is 6.22. The van der Waals surface area contributed by atoms with Gasteiger partial charge in [0.25, 0.3) is 0 Å². The Morgan fingerprint density at radius 2 is 2.09 bits per heavy atom. The molecule has 118 valence electrons. The fourth-order valence-corrected chi connectivity index (χ4v) is 3.25. The van der Waals surface area contributed by atoms with Crippen molar-refractivity contribution in [2.45, 2.75) is 33.6 Å². The predicted molar refractivity (Wildman–Crippen MR) is 93.8 cm³/mol. The van der Waals surface area contributed by atoms with Gasteiger partial charge in [0.1, 0.15) is 5.78 Å². The molecule has 1 aromatic carbocycles. The zero-order valence-electron chi connectivity index (χ0n) is 13.8. The summed E-state index contributed by atoms with van der Waals surface area (Å²) in [6.07, 6.45) is 2.65. The normalized spacial score (nSPS) is 11.0. The number of anilines is 1. The summed E-state index contributed by atoms with van der Waals surface area (Å²) in [6, 6.07) is 6.34. The largest absolute Gasteiger partial charge is 0.374 e. The van der Waals surface area contributed by atoms with Crippen molar-refractivity contribution in [3.8, 4) is 0 Å². The molecule has 3 nitrogen and oxygen atoms in total. The molecule has 0 aliphatic rings. The minimum atomic E-state index is 0.220. The van der Waals surface area contributed by atoms with E-state index in [1.807, 2.05) is 5.38 Å². The van der Waals surface area contributed by atoms with Crippen LogP contribution in [0, 0.1) is 12.8 Å². The van der Waals surface area contributed by atoms with Gasteiger partial charge in [-0.1, -0.05) is 26.0 Å². The SMILES string of the molecule is Cc1ccc(CC(=O)Cc2nccs2)c(N(C)CC(C)C)c1. The first-order chi connectivity index (χ1) is 10.5. The standard InChI is InChI=1S/C18H24N2OS/c1-13(2)12-20(4)17-9-14(3)5-6-15(17)10-16(21)11-18-19-7-8-22-18/h5-9,13H,10-12H2,1-4H3. The van der Waals surface area contributed by atoms with Gasteiger partial charge >= 0.3 is 0 Å². The Labute approximate surface area is 137 Å². The molecule has 0 aliphatic heterocycles. The second-order valence-corrected chi connectivity index (χ2v) is 7.20. The van der Waals surface area contributed by atoms with E-state index in [-0.39, 0.29) is 5.78 Å². The van der Waals surface area contributed by atoms with Gasteiger partial charge in [-0.15, -0.1) is 11.3 Å². The smallest absolute Gasteiger partial charge is 0.144 e. The maximum atomic E-state index is 12.3. The van der Waals surface area contributed by atoms with Crippen LogP contribution < -0.4 is 4.90 Å². The number of nitrogens with zero attached hydrogens (tertiary/aromatic N) is 2. The fourth-order valence-electron chi connectivity index (χ4n) is 2.61. The van der Waals surface area contributed by atoms with Crippen LogP contribution in [0.3, 0.4) is 0 Å². The first-order valence-corrected chi connectivity index (χ1v) is 8.54. The Hall–Kier alpha value is -1.68. The molecule has 0 amide bonds. The van der Waals surface area contributed by atoms with E-state index in [2.05, 4.69) is 55.9 Å². The lowest BCUT2D eigenvalue weighted by atomic mass is 10.0. The third kappa shape index (κ3) is 4.67. The van der Waals surface area contributed by atoms with Crippen LogP contribution in [0.1, 0.15) is 30.0 Å². The number of Topliss-reactive ketones (excluding diaryl/α,β-unsaturated/α-hetero) is 1. The molecule has 0 saturated carbocycles. The molecule has 0 N–H and O–H groups in total. The van der Waals surface area contributed by atoms with Crippen molar-refractivity contribution >= 4 is 22.8 Å². The number of thiazole rings is 1. The van der Waals surface area contributed by atoms with Crippen molar-refractivity contribution in [1.29, 1.82) is 0 Å². The van der Waals surface area contributed by atoms with E-state index in [1.54, 1.807) is 17.5 Å². The van der Waals surface area contributed by atoms with Gasteiger partial charge in [0.2, 0.25) is 0 Å². The van der Waals surface area contributed by atoms with Gasteiger partial charge < -0.3 is 4.90 Å². The summed E-state index contributed by atoms with van der Waals surface area (Å²) in [6.45, 7) is 7.49. The molecule has 1 aromatic heterocycles. The number of carbonyl (C=O) groups excluding carboxylic acids is 1. The van der Waals surface area contributed by atoms with Crippen molar-refractivity contribution in [3.63, 3.8) is 0 Å².